The van der Waals surface area contributed by atoms with E-state index in [4.69, 9.17) is 18.0 Å². The van der Waals surface area contributed by atoms with Gasteiger partial charge in [-0.2, -0.15) is 0 Å². The summed E-state index contributed by atoms with van der Waals surface area (Å²) in [7, 11) is 0. The number of thiocarbonyl (C=S) groups is 1. The number of rotatable bonds is 5. The summed E-state index contributed by atoms with van der Waals surface area (Å²) in [5, 5.41) is 6.77. The van der Waals surface area contributed by atoms with Crippen LogP contribution < -0.4 is 11.1 Å². The van der Waals surface area contributed by atoms with Crippen molar-refractivity contribution in [2.45, 2.75) is 19.9 Å². The van der Waals surface area contributed by atoms with Gasteiger partial charge in [0.25, 0.3) is 5.91 Å². The largest absolute Gasteiger partial charge is 0.389 e. The molecule has 1 heterocycles. The zero-order valence-electron chi connectivity index (χ0n) is 10.9. The van der Waals surface area contributed by atoms with Crippen molar-refractivity contribution in [3.63, 3.8) is 0 Å². The summed E-state index contributed by atoms with van der Waals surface area (Å²) < 4.78 is 3.80. The summed E-state index contributed by atoms with van der Waals surface area (Å²) in [6.07, 6.45) is 0.696. The molecule has 2 aromatic rings. The van der Waals surface area contributed by atoms with Crippen LogP contribution in [0.15, 0.2) is 24.3 Å². The second kappa shape index (κ2) is 6.53. The van der Waals surface area contributed by atoms with Crippen LogP contribution in [0.3, 0.4) is 0 Å². The standard InChI is InChI=1S/C13H14N4OS2/c1-2-10-11(20-17-16-10)13(18)15-7-8-3-5-9(6-4-8)12(14)19/h3-6H,2,7H2,1H3,(H2,14,19)(H,15,18). The summed E-state index contributed by atoms with van der Waals surface area (Å²) in [5.41, 5.74) is 8.06. The van der Waals surface area contributed by atoms with Gasteiger partial charge in [0, 0.05) is 12.1 Å². The molecule has 3 N–H and O–H groups in total. The van der Waals surface area contributed by atoms with Crippen molar-refractivity contribution in [3.8, 4) is 0 Å². The second-order valence-electron chi connectivity index (χ2n) is 4.15. The Labute approximate surface area is 126 Å². The van der Waals surface area contributed by atoms with E-state index in [1.54, 1.807) is 0 Å². The quantitative estimate of drug-likeness (QED) is 0.821. The van der Waals surface area contributed by atoms with Crippen LogP contribution in [0, 0.1) is 0 Å². The summed E-state index contributed by atoms with van der Waals surface area (Å²) in [4.78, 5) is 13.0. The molecule has 0 spiro atoms. The highest BCUT2D eigenvalue weighted by Gasteiger charge is 2.14. The normalized spacial score (nSPS) is 10.2. The number of aryl methyl sites for hydroxylation is 1. The minimum Gasteiger partial charge on any atom is -0.389 e. The summed E-state index contributed by atoms with van der Waals surface area (Å²) in [6.45, 7) is 2.39. The number of nitrogens with one attached hydrogen (secondary N) is 1. The molecule has 0 bridgehead atoms. The van der Waals surface area contributed by atoms with E-state index in [9.17, 15) is 4.79 Å². The van der Waals surface area contributed by atoms with Crippen molar-refractivity contribution in [3.05, 3.63) is 46.0 Å². The Morgan fingerprint density at radius 1 is 1.40 bits per heavy atom. The monoisotopic (exact) mass is 306 g/mol. The van der Waals surface area contributed by atoms with Gasteiger partial charge in [-0.3, -0.25) is 4.79 Å². The van der Waals surface area contributed by atoms with Crippen molar-refractivity contribution >= 4 is 34.6 Å². The van der Waals surface area contributed by atoms with Crippen molar-refractivity contribution in [1.82, 2.24) is 14.9 Å². The lowest BCUT2D eigenvalue weighted by molar-refractivity contribution is 0.0954. The first-order chi connectivity index (χ1) is 9.61. The molecule has 0 aliphatic carbocycles. The molecule has 0 radical (unpaired) electrons. The Balaban J connectivity index is 1.98. The van der Waals surface area contributed by atoms with Crippen molar-refractivity contribution < 1.29 is 4.79 Å². The molecule has 0 aliphatic heterocycles. The number of aromatic nitrogens is 2. The highest BCUT2D eigenvalue weighted by atomic mass is 32.1. The Hall–Kier alpha value is -1.86. The number of hydrogen-bond acceptors (Lipinski definition) is 5. The molecular weight excluding hydrogens is 292 g/mol. The van der Waals surface area contributed by atoms with Crippen LogP contribution in [0.4, 0.5) is 0 Å². The first-order valence-corrected chi connectivity index (χ1v) is 7.28. The first kappa shape index (κ1) is 14.5. The number of benzene rings is 1. The molecule has 0 fully saturated rings. The maximum Gasteiger partial charge on any atom is 0.265 e. The maximum atomic E-state index is 12.0. The van der Waals surface area contributed by atoms with Gasteiger partial charge in [0.2, 0.25) is 0 Å². The third-order valence-electron chi connectivity index (χ3n) is 2.79. The van der Waals surface area contributed by atoms with Crippen LogP contribution in [-0.2, 0) is 13.0 Å². The smallest absolute Gasteiger partial charge is 0.265 e. The molecule has 7 heteroatoms. The van der Waals surface area contributed by atoms with Crippen LogP contribution in [0.5, 0.6) is 0 Å². The van der Waals surface area contributed by atoms with Crippen LogP contribution in [0.2, 0.25) is 0 Å². The lowest BCUT2D eigenvalue weighted by atomic mass is 10.1. The summed E-state index contributed by atoms with van der Waals surface area (Å²) in [6, 6.07) is 7.46. The van der Waals surface area contributed by atoms with Gasteiger partial charge in [-0.05, 0) is 23.5 Å². The average Bonchev–Trinajstić information content (AvgIpc) is 2.93. The molecule has 1 amide bonds. The Morgan fingerprint density at radius 3 is 2.70 bits per heavy atom. The minimum absolute atomic E-state index is 0.143. The Bertz CT molecular complexity index is 622. The van der Waals surface area contributed by atoms with E-state index in [0.29, 0.717) is 22.8 Å². The van der Waals surface area contributed by atoms with E-state index in [1.165, 1.54) is 0 Å². The Kier molecular flexibility index (Phi) is 4.75. The number of amides is 1. The molecule has 1 aromatic heterocycles. The molecule has 0 unspecified atom stereocenters. The van der Waals surface area contributed by atoms with Crippen molar-refractivity contribution in [1.29, 1.82) is 0 Å². The molecular formula is C13H14N4OS2. The van der Waals surface area contributed by atoms with E-state index in [1.807, 2.05) is 31.2 Å². The third-order valence-corrected chi connectivity index (χ3v) is 3.79. The molecule has 20 heavy (non-hydrogen) atoms. The zero-order chi connectivity index (χ0) is 14.5. The molecule has 0 saturated heterocycles. The van der Waals surface area contributed by atoms with Gasteiger partial charge in [-0.25, -0.2) is 0 Å². The van der Waals surface area contributed by atoms with Crippen LogP contribution in [-0.4, -0.2) is 20.5 Å². The second-order valence-corrected chi connectivity index (χ2v) is 5.34. The fraction of sp³-hybridized carbons (Fsp3) is 0.231. The molecule has 0 saturated carbocycles. The average molecular weight is 306 g/mol. The van der Waals surface area contributed by atoms with Gasteiger partial charge in [0.15, 0.2) is 0 Å². The molecule has 0 atom stereocenters. The van der Waals surface area contributed by atoms with Gasteiger partial charge in [0.05, 0.1) is 5.69 Å². The fourth-order valence-electron chi connectivity index (χ4n) is 1.66. The topological polar surface area (TPSA) is 80.9 Å². The minimum atomic E-state index is -0.143. The molecule has 0 aliphatic rings. The van der Waals surface area contributed by atoms with Gasteiger partial charge in [0.1, 0.15) is 9.87 Å². The molecule has 2 rings (SSSR count). The van der Waals surface area contributed by atoms with Gasteiger partial charge < -0.3 is 11.1 Å². The van der Waals surface area contributed by atoms with E-state index in [0.717, 1.165) is 28.4 Å². The Morgan fingerprint density at radius 2 is 2.10 bits per heavy atom. The number of nitrogens with two attached hydrogens (primary N) is 1. The van der Waals surface area contributed by atoms with Crippen molar-refractivity contribution in [2.24, 2.45) is 5.73 Å². The van der Waals surface area contributed by atoms with E-state index >= 15 is 0 Å². The number of hydrogen-bond donors (Lipinski definition) is 2. The van der Waals surface area contributed by atoms with E-state index in [-0.39, 0.29) is 5.91 Å². The highest BCUT2D eigenvalue weighted by molar-refractivity contribution is 7.80. The van der Waals surface area contributed by atoms with Crippen LogP contribution >= 0.6 is 23.8 Å². The first-order valence-electron chi connectivity index (χ1n) is 6.10. The molecule has 104 valence electrons. The van der Waals surface area contributed by atoms with Crippen molar-refractivity contribution in [2.75, 3.05) is 0 Å². The summed E-state index contributed by atoms with van der Waals surface area (Å²) in [5.74, 6) is -0.143. The predicted octanol–water partition coefficient (Wildman–Crippen LogP) is 1.66. The molecule has 5 nitrogen and oxygen atoms in total. The lowest BCUT2D eigenvalue weighted by Gasteiger charge is -2.05. The van der Waals surface area contributed by atoms with Crippen LogP contribution in [0.25, 0.3) is 0 Å². The van der Waals surface area contributed by atoms with Gasteiger partial charge in [-0.15, -0.1) is 5.10 Å². The molecule has 1 aromatic carbocycles. The number of carbonyl (C=O) groups is 1. The van der Waals surface area contributed by atoms with Crippen LogP contribution in [0.1, 0.15) is 33.4 Å². The third kappa shape index (κ3) is 3.37. The zero-order valence-corrected chi connectivity index (χ0v) is 12.6. The predicted molar refractivity (Wildman–Crippen MR) is 82.8 cm³/mol. The number of carbonyl (C=O) groups excluding carboxylic acids is 1. The van der Waals surface area contributed by atoms with E-state index < -0.39 is 0 Å². The highest BCUT2D eigenvalue weighted by Crippen LogP contribution is 2.11. The lowest BCUT2D eigenvalue weighted by Crippen LogP contribution is -2.23. The maximum absolute atomic E-state index is 12.0. The summed E-state index contributed by atoms with van der Waals surface area (Å²) >= 11 is 6.01. The SMILES string of the molecule is CCc1nnsc1C(=O)NCc1ccc(C(N)=S)cc1. The fourth-order valence-corrected chi connectivity index (χ4v) is 2.46. The van der Waals surface area contributed by atoms with Gasteiger partial charge in [-0.1, -0.05) is 47.9 Å². The number of nitrogens with zero attached hydrogens (tertiary/aromatic N) is 2. The van der Waals surface area contributed by atoms with Gasteiger partial charge >= 0.3 is 0 Å². The van der Waals surface area contributed by atoms with E-state index in [2.05, 4.69) is 14.9 Å².